The van der Waals surface area contributed by atoms with E-state index in [1.807, 2.05) is 0 Å². The van der Waals surface area contributed by atoms with E-state index in [0.29, 0.717) is 5.02 Å². The SMILES string of the molecule is FC(F)(F)c1ccccc1C=NOCc1cccc(Cl)c1. The van der Waals surface area contributed by atoms with E-state index in [2.05, 4.69) is 5.16 Å². The number of benzene rings is 2. The van der Waals surface area contributed by atoms with Crippen molar-refractivity contribution in [3.05, 3.63) is 70.2 Å². The molecule has 21 heavy (non-hydrogen) atoms. The minimum atomic E-state index is -4.42. The molecule has 0 atom stereocenters. The van der Waals surface area contributed by atoms with Crippen LogP contribution in [0.25, 0.3) is 0 Å². The van der Waals surface area contributed by atoms with Gasteiger partial charge in [0.1, 0.15) is 6.61 Å². The average molecular weight is 314 g/mol. The van der Waals surface area contributed by atoms with Crippen LogP contribution in [0.4, 0.5) is 13.2 Å². The Hall–Kier alpha value is -2.01. The molecule has 2 aromatic carbocycles. The molecule has 0 amide bonds. The molecule has 0 aliphatic heterocycles. The van der Waals surface area contributed by atoms with Gasteiger partial charge < -0.3 is 4.84 Å². The highest BCUT2D eigenvalue weighted by molar-refractivity contribution is 6.30. The normalized spacial score (nSPS) is 11.8. The summed E-state index contributed by atoms with van der Waals surface area (Å²) < 4.78 is 38.2. The van der Waals surface area contributed by atoms with Crippen LogP contribution in [-0.4, -0.2) is 6.21 Å². The van der Waals surface area contributed by atoms with Gasteiger partial charge in [0.25, 0.3) is 0 Å². The van der Waals surface area contributed by atoms with Gasteiger partial charge in [-0.2, -0.15) is 13.2 Å². The Labute approximate surface area is 124 Å². The molecule has 0 radical (unpaired) electrons. The van der Waals surface area contributed by atoms with E-state index < -0.39 is 11.7 Å². The number of rotatable bonds is 4. The van der Waals surface area contributed by atoms with E-state index in [4.69, 9.17) is 16.4 Å². The van der Waals surface area contributed by atoms with Crippen molar-refractivity contribution in [3.8, 4) is 0 Å². The lowest BCUT2D eigenvalue weighted by atomic mass is 10.1. The lowest BCUT2D eigenvalue weighted by Gasteiger charge is -2.09. The molecule has 110 valence electrons. The Morgan fingerprint density at radius 2 is 1.86 bits per heavy atom. The van der Waals surface area contributed by atoms with Gasteiger partial charge in [-0.15, -0.1) is 0 Å². The van der Waals surface area contributed by atoms with Gasteiger partial charge in [0.05, 0.1) is 11.8 Å². The first-order valence-electron chi connectivity index (χ1n) is 6.03. The fourth-order valence-corrected chi connectivity index (χ4v) is 1.91. The van der Waals surface area contributed by atoms with Gasteiger partial charge in [-0.05, 0) is 23.8 Å². The standard InChI is InChI=1S/C15H11ClF3NO/c16-13-6-3-4-11(8-13)10-21-20-9-12-5-1-2-7-14(12)15(17,18)19/h1-9H,10H2. The van der Waals surface area contributed by atoms with Gasteiger partial charge in [-0.3, -0.25) is 0 Å². The van der Waals surface area contributed by atoms with Crippen LogP contribution in [0.3, 0.4) is 0 Å². The number of alkyl halides is 3. The molecule has 2 nitrogen and oxygen atoms in total. The van der Waals surface area contributed by atoms with Crippen molar-refractivity contribution in [2.75, 3.05) is 0 Å². The summed E-state index contributed by atoms with van der Waals surface area (Å²) in [5.41, 5.74) is -0.0139. The largest absolute Gasteiger partial charge is 0.417 e. The zero-order chi connectivity index (χ0) is 15.3. The number of hydrogen-bond acceptors (Lipinski definition) is 2. The van der Waals surface area contributed by atoms with E-state index in [1.54, 1.807) is 24.3 Å². The molecule has 6 heteroatoms. The van der Waals surface area contributed by atoms with Crippen molar-refractivity contribution >= 4 is 17.8 Å². The summed E-state index contributed by atoms with van der Waals surface area (Å²) in [6.45, 7) is 0.130. The van der Waals surface area contributed by atoms with E-state index >= 15 is 0 Å². The second-order valence-corrected chi connectivity index (χ2v) is 4.66. The Kier molecular flexibility index (Phi) is 4.85. The molecular weight excluding hydrogens is 303 g/mol. The molecule has 0 bridgehead atoms. The lowest BCUT2D eigenvalue weighted by molar-refractivity contribution is -0.137. The number of halogens is 4. The number of oxime groups is 1. The summed E-state index contributed by atoms with van der Waals surface area (Å²) in [4.78, 5) is 4.99. The zero-order valence-electron chi connectivity index (χ0n) is 10.8. The van der Waals surface area contributed by atoms with E-state index in [1.165, 1.54) is 18.2 Å². The van der Waals surface area contributed by atoms with Gasteiger partial charge >= 0.3 is 6.18 Å². The van der Waals surface area contributed by atoms with Crippen molar-refractivity contribution in [3.63, 3.8) is 0 Å². The molecule has 0 aliphatic rings. The Morgan fingerprint density at radius 3 is 2.57 bits per heavy atom. The van der Waals surface area contributed by atoms with E-state index in [9.17, 15) is 13.2 Å². The first-order chi connectivity index (χ1) is 9.97. The smallest absolute Gasteiger partial charge is 0.391 e. The van der Waals surface area contributed by atoms with Crippen LogP contribution < -0.4 is 0 Å². The van der Waals surface area contributed by atoms with Crippen molar-refractivity contribution in [1.82, 2.24) is 0 Å². The lowest BCUT2D eigenvalue weighted by Crippen LogP contribution is -2.08. The molecule has 0 fully saturated rings. The van der Waals surface area contributed by atoms with E-state index in [-0.39, 0.29) is 12.2 Å². The van der Waals surface area contributed by atoms with Crippen molar-refractivity contribution in [1.29, 1.82) is 0 Å². The van der Waals surface area contributed by atoms with Gasteiger partial charge in [0.15, 0.2) is 0 Å². The van der Waals surface area contributed by atoms with Gasteiger partial charge in [0, 0.05) is 10.6 Å². The second kappa shape index (κ2) is 6.63. The first kappa shape index (κ1) is 15.4. The maximum atomic E-state index is 12.7. The molecule has 0 heterocycles. The minimum absolute atomic E-state index is 0.0453. The van der Waals surface area contributed by atoms with Crippen LogP contribution in [0.1, 0.15) is 16.7 Å². The van der Waals surface area contributed by atoms with Crippen LogP contribution in [0.2, 0.25) is 5.02 Å². The molecule has 2 rings (SSSR count). The number of nitrogens with zero attached hydrogens (tertiary/aromatic N) is 1. The summed E-state index contributed by atoms with van der Waals surface area (Å²) in [6.07, 6.45) is -3.37. The van der Waals surface area contributed by atoms with Crippen LogP contribution in [0, 0.1) is 0 Å². The Balaban J connectivity index is 2.02. The number of hydrogen-bond donors (Lipinski definition) is 0. The third-order valence-electron chi connectivity index (χ3n) is 2.65. The predicted molar refractivity (Wildman–Crippen MR) is 75.3 cm³/mol. The third kappa shape index (κ3) is 4.49. The fourth-order valence-electron chi connectivity index (χ4n) is 1.70. The fraction of sp³-hybridized carbons (Fsp3) is 0.133. The molecule has 0 spiro atoms. The molecule has 2 aromatic rings. The molecule has 0 N–H and O–H groups in total. The average Bonchev–Trinajstić information content (AvgIpc) is 2.43. The van der Waals surface area contributed by atoms with Gasteiger partial charge in [-0.25, -0.2) is 0 Å². The van der Waals surface area contributed by atoms with Crippen molar-refractivity contribution in [2.24, 2.45) is 5.16 Å². The molecular formula is C15H11ClF3NO. The predicted octanol–water partition coefficient (Wildman–Crippen LogP) is 4.91. The Morgan fingerprint density at radius 1 is 1.10 bits per heavy atom. The molecule has 0 aliphatic carbocycles. The molecule has 0 saturated carbocycles. The van der Waals surface area contributed by atoms with Crippen LogP contribution >= 0.6 is 11.6 Å². The molecule has 0 aromatic heterocycles. The van der Waals surface area contributed by atoms with Crippen LogP contribution in [0.5, 0.6) is 0 Å². The summed E-state index contributed by atoms with van der Waals surface area (Å²) in [7, 11) is 0. The highest BCUT2D eigenvalue weighted by atomic mass is 35.5. The maximum Gasteiger partial charge on any atom is 0.417 e. The first-order valence-corrected chi connectivity index (χ1v) is 6.40. The molecule has 0 saturated heterocycles. The summed E-state index contributed by atoms with van der Waals surface area (Å²) in [6, 6.07) is 12.1. The van der Waals surface area contributed by atoms with Gasteiger partial charge in [0.2, 0.25) is 0 Å². The molecule has 0 unspecified atom stereocenters. The maximum absolute atomic E-state index is 12.7. The Bertz CT molecular complexity index is 641. The van der Waals surface area contributed by atoms with Crippen molar-refractivity contribution < 1.29 is 18.0 Å². The second-order valence-electron chi connectivity index (χ2n) is 4.22. The zero-order valence-corrected chi connectivity index (χ0v) is 11.5. The highest BCUT2D eigenvalue weighted by Crippen LogP contribution is 2.31. The van der Waals surface area contributed by atoms with E-state index in [0.717, 1.165) is 17.8 Å². The van der Waals surface area contributed by atoms with Crippen LogP contribution in [0.15, 0.2) is 53.7 Å². The quantitative estimate of drug-likeness (QED) is 0.580. The monoisotopic (exact) mass is 313 g/mol. The van der Waals surface area contributed by atoms with Crippen LogP contribution in [-0.2, 0) is 17.6 Å². The topological polar surface area (TPSA) is 21.6 Å². The summed E-state index contributed by atoms with van der Waals surface area (Å²) >= 11 is 5.81. The summed E-state index contributed by atoms with van der Waals surface area (Å²) in [5.74, 6) is 0. The minimum Gasteiger partial charge on any atom is -0.391 e. The van der Waals surface area contributed by atoms with Crippen molar-refractivity contribution in [2.45, 2.75) is 12.8 Å². The summed E-state index contributed by atoms with van der Waals surface area (Å²) in [5, 5.41) is 4.13. The third-order valence-corrected chi connectivity index (χ3v) is 2.89. The van der Waals surface area contributed by atoms with Gasteiger partial charge in [-0.1, -0.05) is 47.1 Å². The highest BCUT2D eigenvalue weighted by Gasteiger charge is 2.32.